The van der Waals surface area contributed by atoms with Gasteiger partial charge in [0.1, 0.15) is 36.3 Å². The molecule has 6 aromatic rings. The molecule has 0 saturated heterocycles. The SMILES string of the molecule is CNC(C)COc1ccc(-n2nc3c(cc2=O)CCc2ccc(F)cc2-3)cc1.CNC(C)COc1ccc(-n2nc3c(cc2=O)CCc2ccc(F)cc2-3)cc1.O=C(O)C=CC(=O)O. The third-order valence-corrected chi connectivity index (χ3v) is 10.5. The standard InChI is InChI=1S/2C22H22FN3O2.C4H4O4/c2*1-14(24-2)13-28-19-9-7-18(8-10-19)26-21(27)11-16-4-3-15-5-6-17(23)12-20(15)22(16)25-26;5-3(6)1-2-4(7)8/h2*5-12,14,24H,3-4,13H2,1-2H3;1-2H,(H,5,6)(H,7,8). The fraction of sp³-hybridized carbons (Fsp3) is 0.250. The summed E-state index contributed by atoms with van der Waals surface area (Å²) in [6, 6.07) is 27.7. The summed E-state index contributed by atoms with van der Waals surface area (Å²) < 4.78 is 41.7. The minimum Gasteiger partial charge on any atom is -0.492 e. The van der Waals surface area contributed by atoms with Gasteiger partial charge in [0.15, 0.2) is 0 Å². The van der Waals surface area contributed by atoms with Gasteiger partial charge in [0.2, 0.25) is 0 Å². The summed E-state index contributed by atoms with van der Waals surface area (Å²) in [5, 5.41) is 31.0. The Kier molecular flexibility index (Phi) is 15.3. The fourth-order valence-corrected chi connectivity index (χ4v) is 6.82. The number of hydrogen-bond donors (Lipinski definition) is 4. The minimum absolute atomic E-state index is 0.198. The highest BCUT2D eigenvalue weighted by Crippen LogP contribution is 2.33. The van der Waals surface area contributed by atoms with Gasteiger partial charge in [0.25, 0.3) is 11.1 Å². The molecular weight excluding hydrogens is 827 g/mol. The van der Waals surface area contributed by atoms with E-state index in [1.165, 1.54) is 33.6 Å². The molecule has 2 unspecified atom stereocenters. The number of rotatable bonds is 12. The molecule has 2 heterocycles. The number of aliphatic carboxylic acids is 2. The molecule has 0 saturated carbocycles. The van der Waals surface area contributed by atoms with Crippen molar-refractivity contribution in [3.05, 3.63) is 164 Å². The van der Waals surface area contributed by atoms with Crippen molar-refractivity contribution >= 4 is 11.9 Å². The maximum Gasteiger partial charge on any atom is 0.328 e. The van der Waals surface area contributed by atoms with Gasteiger partial charge in [-0.15, -0.1) is 0 Å². The fourth-order valence-electron chi connectivity index (χ4n) is 6.82. The van der Waals surface area contributed by atoms with Crippen LogP contribution in [0.1, 0.15) is 36.1 Å². The van der Waals surface area contributed by atoms with Crippen molar-refractivity contribution in [3.8, 4) is 45.4 Å². The molecule has 2 aromatic heterocycles. The molecule has 4 aromatic carbocycles. The van der Waals surface area contributed by atoms with Crippen molar-refractivity contribution in [3.63, 3.8) is 0 Å². The van der Waals surface area contributed by atoms with E-state index in [-0.39, 0.29) is 34.8 Å². The first-order chi connectivity index (χ1) is 30.7. The molecule has 64 heavy (non-hydrogen) atoms. The van der Waals surface area contributed by atoms with Crippen LogP contribution in [0.25, 0.3) is 33.9 Å². The normalized spacial score (nSPS) is 13.0. The largest absolute Gasteiger partial charge is 0.492 e. The van der Waals surface area contributed by atoms with Gasteiger partial charge in [-0.2, -0.15) is 19.6 Å². The second kappa shape index (κ2) is 21.2. The summed E-state index contributed by atoms with van der Waals surface area (Å²) >= 11 is 0. The Morgan fingerprint density at radius 2 is 0.969 bits per heavy atom. The molecule has 14 nitrogen and oxygen atoms in total. The van der Waals surface area contributed by atoms with Gasteiger partial charge in [0, 0.05) is 47.5 Å². The minimum atomic E-state index is -1.26. The van der Waals surface area contributed by atoms with Gasteiger partial charge < -0.3 is 30.3 Å². The molecule has 0 amide bonds. The van der Waals surface area contributed by atoms with Crippen LogP contribution in [-0.2, 0) is 35.3 Å². The highest BCUT2D eigenvalue weighted by atomic mass is 19.1. The second-order valence-corrected chi connectivity index (χ2v) is 15.1. The molecule has 0 bridgehead atoms. The van der Waals surface area contributed by atoms with Crippen molar-refractivity contribution in [1.29, 1.82) is 0 Å². The molecule has 4 N–H and O–H groups in total. The summed E-state index contributed by atoms with van der Waals surface area (Å²) in [5.41, 5.74) is 7.57. The molecule has 2 aliphatic rings. The number of carbonyl (C=O) groups is 2. The Labute approximate surface area is 367 Å². The summed E-state index contributed by atoms with van der Waals surface area (Å²) in [6.07, 6.45) is 4.14. The Balaban J connectivity index is 0.000000182. The zero-order valence-electron chi connectivity index (χ0n) is 35.7. The van der Waals surface area contributed by atoms with Crippen LogP contribution in [0.3, 0.4) is 0 Å². The number of hydrogen-bond acceptors (Lipinski definition) is 10. The lowest BCUT2D eigenvalue weighted by Crippen LogP contribution is -2.28. The van der Waals surface area contributed by atoms with E-state index in [1.54, 1.807) is 48.5 Å². The number of halogens is 2. The average molecular weight is 875 g/mol. The van der Waals surface area contributed by atoms with Gasteiger partial charge in [-0.05, 0) is 149 Å². The number of carboxylic acid groups (broad SMARTS) is 2. The smallest absolute Gasteiger partial charge is 0.328 e. The zero-order chi connectivity index (χ0) is 45.9. The molecule has 0 spiro atoms. The van der Waals surface area contributed by atoms with Crippen molar-refractivity contribution in [2.24, 2.45) is 0 Å². The lowest BCUT2D eigenvalue weighted by Gasteiger charge is -2.19. The molecule has 0 aliphatic heterocycles. The number of aromatic nitrogens is 4. The van der Waals surface area contributed by atoms with Crippen LogP contribution in [0, 0.1) is 11.6 Å². The lowest BCUT2D eigenvalue weighted by atomic mass is 9.89. The molecule has 0 radical (unpaired) electrons. The predicted molar refractivity (Wildman–Crippen MR) is 238 cm³/mol. The number of nitrogens with one attached hydrogen (secondary N) is 2. The van der Waals surface area contributed by atoms with Crippen molar-refractivity contribution in [2.75, 3.05) is 27.3 Å². The molecule has 2 aliphatic carbocycles. The van der Waals surface area contributed by atoms with Gasteiger partial charge in [0.05, 0.1) is 22.8 Å². The van der Waals surface area contributed by atoms with Crippen LogP contribution in [0.5, 0.6) is 11.5 Å². The monoisotopic (exact) mass is 874 g/mol. The van der Waals surface area contributed by atoms with Gasteiger partial charge >= 0.3 is 11.9 Å². The Morgan fingerprint density at radius 3 is 1.31 bits per heavy atom. The van der Waals surface area contributed by atoms with Crippen molar-refractivity contribution < 1.29 is 38.1 Å². The van der Waals surface area contributed by atoms with Crippen LogP contribution in [-0.4, -0.2) is 81.1 Å². The summed E-state index contributed by atoms with van der Waals surface area (Å²) in [4.78, 5) is 44.3. The average Bonchev–Trinajstić information content (AvgIpc) is 3.29. The first-order valence-electron chi connectivity index (χ1n) is 20.5. The number of fused-ring (bicyclic) bond motifs is 6. The third kappa shape index (κ3) is 11.8. The Hall–Kier alpha value is -7.30. The van der Waals surface area contributed by atoms with E-state index in [1.807, 2.05) is 52.2 Å². The Bertz CT molecular complexity index is 2580. The van der Waals surface area contributed by atoms with E-state index in [9.17, 15) is 28.0 Å². The van der Waals surface area contributed by atoms with E-state index in [2.05, 4.69) is 20.8 Å². The van der Waals surface area contributed by atoms with E-state index in [0.29, 0.717) is 48.1 Å². The van der Waals surface area contributed by atoms with Gasteiger partial charge in [-0.1, -0.05) is 12.1 Å². The number of nitrogens with zero attached hydrogens (tertiary/aromatic N) is 4. The predicted octanol–water partition coefficient (Wildman–Crippen LogP) is 5.96. The zero-order valence-corrected chi connectivity index (χ0v) is 35.7. The molecular formula is C48H48F2N6O8. The number of ether oxygens (including phenoxy) is 2. The highest BCUT2D eigenvalue weighted by molar-refractivity contribution is 5.89. The summed E-state index contributed by atoms with van der Waals surface area (Å²) in [7, 11) is 3.77. The molecule has 8 rings (SSSR count). The van der Waals surface area contributed by atoms with Crippen LogP contribution >= 0.6 is 0 Å². The van der Waals surface area contributed by atoms with Crippen molar-refractivity contribution in [1.82, 2.24) is 30.2 Å². The topological polar surface area (TPSA) is 187 Å². The van der Waals surface area contributed by atoms with Crippen LogP contribution in [0.4, 0.5) is 8.78 Å². The quantitative estimate of drug-likeness (QED) is 0.106. The number of carboxylic acids is 2. The van der Waals surface area contributed by atoms with E-state index < -0.39 is 11.9 Å². The van der Waals surface area contributed by atoms with E-state index in [0.717, 1.165) is 70.6 Å². The van der Waals surface area contributed by atoms with E-state index in [4.69, 9.17) is 19.7 Å². The van der Waals surface area contributed by atoms with Crippen LogP contribution < -0.4 is 31.2 Å². The van der Waals surface area contributed by atoms with E-state index >= 15 is 0 Å². The maximum absolute atomic E-state index is 13.8. The summed E-state index contributed by atoms with van der Waals surface area (Å²) in [5.74, 6) is -1.67. The second-order valence-electron chi connectivity index (χ2n) is 15.1. The third-order valence-electron chi connectivity index (χ3n) is 10.5. The number of aryl methyl sites for hydroxylation is 4. The number of benzene rings is 4. The number of likely N-dealkylation sites (N-methyl/N-ethyl adjacent to an activating group) is 2. The molecule has 2 atom stereocenters. The highest BCUT2D eigenvalue weighted by Gasteiger charge is 2.22. The molecule has 16 heteroatoms. The van der Waals surface area contributed by atoms with Crippen molar-refractivity contribution in [2.45, 2.75) is 51.6 Å². The Morgan fingerprint density at radius 1 is 0.609 bits per heavy atom. The van der Waals surface area contributed by atoms with Gasteiger partial charge in [-0.25, -0.2) is 18.4 Å². The first-order valence-corrected chi connectivity index (χ1v) is 20.5. The molecule has 0 fully saturated rings. The van der Waals surface area contributed by atoms with Crippen LogP contribution in [0.2, 0.25) is 0 Å². The summed E-state index contributed by atoms with van der Waals surface area (Å²) in [6.45, 7) is 5.17. The van der Waals surface area contributed by atoms with Crippen LogP contribution in [0.15, 0.2) is 119 Å². The first kappa shape index (κ1) is 46.2. The van der Waals surface area contributed by atoms with Gasteiger partial charge in [-0.3, -0.25) is 9.59 Å². The molecule has 332 valence electrons. The lowest BCUT2D eigenvalue weighted by molar-refractivity contribution is -0.134. The maximum atomic E-state index is 13.8.